The standard InChI is InChI=1S/C30H52N2O/c1-3-4-5-6-7-8-9-10-11-12-13-14-15-16-20-23-30(33)32-25-24-31(28(2)26-32)27-29-21-18-17-19-22-29/h17-19,21-22,28H,3-16,20,23-27H2,1-2H3. The number of piperazine rings is 1. The molecular weight excluding hydrogens is 404 g/mol. The summed E-state index contributed by atoms with van der Waals surface area (Å²) in [7, 11) is 0. The zero-order chi connectivity index (χ0) is 23.6. The van der Waals surface area contributed by atoms with Gasteiger partial charge < -0.3 is 4.90 Å². The highest BCUT2D eigenvalue weighted by molar-refractivity contribution is 5.76. The Morgan fingerprint density at radius 1 is 0.758 bits per heavy atom. The lowest BCUT2D eigenvalue weighted by Gasteiger charge is -2.40. The van der Waals surface area contributed by atoms with Crippen molar-refractivity contribution in [1.29, 1.82) is 0 Å². The molecule has 0 bridgehead atoms. The molecule has 1 heterocycles. The molecule has 33 heavy (non-hydrogen) atoms. The summed E-state index contributed by atoms with van der Waals surface area (Å²) >= 11 is 0. The molecule has 1 saturated heterocycles. The first kappa shape index (κ1) is 27.9. The van der Waals surface area contributed by atoms with Crippen LogP contribution in [0.2, 0.25) is 0 Å². The van der Waals surface area contributed by atoms with Crippen molar-refractivity contribution in [3.8, 4) is 0 Å². The number of carbonyl (C=O) groups is 1. The van der Waals surface area contributed by atoms with E-state index in [0.29, 0.717) is 11.9 Å². The largest absolute Gasteiger partial charge is 0.340 e. The minimum atomic E-state index is 0.371. The van der Waals surface area contributed by atoms with Crippen LogP contribution in [0, 0.1) is 0 Å². The monoisotopic (exact) mass is 456 g/mol. The van der Waals surface area contributed by atoms with Crippen LogP contribution < -0.4 is 0 Å². The van der Waals surface area contributed by atoms with Crippen molar-refractivity contribution in [2.24, 2.45) is 0 Å². The fourth-order valence-corrected chi connectivity index (χ4v) is 5.08. The number of carbonyl (C=O) groups excluding carboxylic acids is 1. The predicted molar refractivity (Wildman–Crippen MR) is 142 cm³/mol. The maximum atomic E-state index is 12.6. The van der Waals surface area contributed by atoms with Gasteiger partial charge in [-0.25, -0.2) is 0 Å². The number of nitrogens with zero attached hydrogens (tertiary/aromatic N) is 2. The minimum Gasteiger partial charge on any atom is -0.340 e. The van der Waals surface area contributed by atoms with E-state index in [1.807, 2.05) is 0 Å². The highest BCUT2D eigenvalue weighted by atomic mass is 16.2. The topological polar surface area (TPSA) is 23.6 Å². The third-order valence-electron chi connectivity index (χ3n) is 7.34. The lowest BCUT2D eigenvalue weighted by atomic mass is 10.0. The van der Waals surface area contributed by atoms with Crippen LogP contribution in [0.15, 0.2) is 30.3 Å². The van der Waals surface area contributed by atoms with Crippen LogP contribution in [-0.4, -0.2) is 41.4 Å². The molecule has 3 nitrogen and oxygen atoms in total. The van der Waals surface area contributed by atoms with Crippen molar-refractivity contribution in [2.75, 3.05) is 19.6 Å². The number of rotatable bonds is 18. The second-order valence-corrected chi connectivity index (χ2v) is 10.3. The Labute approximate surface area is 205 Å². The molecule has 1 unspecified atom stereocenters. The molecular formula is C30H52N2O. The van der Waals surface area contributed by atoms with E-state index in [1.165, 1.54) is 95.5 Å². The maximum Gasteiger partial charge on any atom is 0.222 e. The van der Waals surface area contributed by atoms with E-state index >= 15 is 0 Å². The first-order chi connectivity index (χ1) is 16.2. The molecule has 1 aromatic rings. The van der Waals surface area contributed by atoms with Crippen LogP contribution in [0.4, 0.5) is 0 Å². The Kier molecular flexibility index (Phi) is 15.2. The molecule has 1 atom stereocenters. The molecule has 1 aliphatic heterocycles. The molecule has 2 rings (SSSR count). The Hall–Kier alpha value is -1.35. The molecule has 1 fully saturated rings. The molecule has 0 saturated carbocycles. The van der Waals surface area contributed by atoms with Crippen LogP contribution in [0.3, 0.4) is 0 Å². The molecule has 0 aromatic heterocycles. The molecule has 3 heteroatoms. The van der Waals surface area contributed by atoms with E-state index in [9.17, 15) is 4.79 Å². The normalized spacial score (nSPS) is 16.9. The molecule has 1 aromatic carbocycles. The van der Waals surface area contributed by atoms with E-state index in [-0.39, 0.29) is 0 Å². The number of amides is 1. The van der Waals surface area contributed by atoms with Gasteiger partial charge in [-0.1, -0.05) is 127 Å². The zero-order valence-corrected chi connectivity index (χ0v) is 21.9. The van der Waals surface area contributed by atoms with Gasteiger partial charge in [0.15, 0.2) is 0 Å². The van der Waals surface area contributed by atoms with Gasteiger partial charge in [-0.15, -0.1) is 0 Å². The van der Waals surface area contributed by atoms with E-state index < -0.39 is 0 Å². The third-order valence-corrected chi connectivity index (χ3v) is 7.34. The molecule has 0 spiro atoms. The van der Waals surface area contributed by atoms with Crippen molar-refractivity contribution in [1.82, 2.24) is 9.80 Å². The summed E-state index contributed by atoms with van der Waals surface area (Å²) in [6.45, 7) is 8.29. The van der Waals surface area contributed by atoms with E-state index in [0.717, 1.165) is 39.0 Å². The minimum absolute atomic E-state index is 0.371. The van der Waals surface area contributed by atoms with Crippen LogP contribution in [-0.2, 0) is 11.3 Å². The van der Waals surface area contributed by atoms with E-state index in [1.54, 1.807) is 0 Å². The van der Waals surface area contributed by atoms with Crippen LogP contribution in [0.5, 0.6) is 0 Å². The van der Waals surface area contributed by atoms with E-state index in [4.69, 9.17) is 0 Å². The fraction of sp³-hybridized carbons (Fsp3) is 0.767. The van der Waals surface area contributed by atoms with Gasteiger partial charge >= 0.3 is 0 Å². The van der Waals surface area contributed by atoms with Crippen LogP contribution in [0.1, 0.15) is 122 Å². The lowest BCUT2D eigenvalue weighted by Crippen LogP contribution is -2.53. The van der Waals surface area contributed by atoms with Crippen molar-refractivity contribution < 1.29 is 4.79 Å². The van der Waals surface area contributed by atoms with Gasteiger partial charge in [0.1, 0.15) is 0 Å². The average Bonchev–Trinajstić information content (AvgIpc) is 2.83. The van der Waals surface area contributed by atoms with Gasteiger partial charge in [0, 0.05) is 38.6 Å². The van der Waals surface area contributed by atoms with Gasteiger partial charge in [0.25, 0.3) is 0 Å². The molecule has 0 N–H and O–H groups in total. The highest BCUT2D eigenvalue weighted by Crippen LogP contribution is 2.17. The van der Waals surface area contributed by atoms with Crippen LogP contribution in [0.25, 0.3) is 0 Å². The maximum absolute atomic E-state index is 12.6. The lowest BCUT2D eigenvalue weighted by molar-refractivity contribution is -0.134. The van der Waals surface area contributed by atoms with E-state index in [2.05, 4.69) is 54.0 Å². The summed E-state index contributed by atoms with van der Waals surface area (Å²) in [5.41, 5.74) is 1.36. The number of benzene rings is 1. The van der Waals surface area contributed by atoms with Gasteiger partial charge in [-0.05, 0) is 18.9 Å². The molecule has 1 amide bonds. The summed E-state index contributed by atoms with van der Waals surface area (Å²) in [4.78, 5) is 17.3. The van der Waals surface area contributed by atoms with Crippen molar-refractivity contribution in [3.63, 3.8) is 0 Å². The molecule has 1 aliphatic rings. The van der Waals surface area contributed by atoms with Crippen molar-refractivity contribution >= 4 is 5.91 Å². The summed E-state index contributed by atoms with van der Waals surface area (Å²) < 4.78 is 0. The second kappa shape index (κ2) is 18.0. The molecule has 0 aliphatic carbocycles. The second-order valence-electron chi connectivity index (χ2n) is 10.3. The zero-order valence-electron chi connectivity index (χ0n) is 21.9. The third kappa shape index (κ3) is 12.6. The van der Waals surface area contributed by atoms with Gasteiger partial charge in [-0.3, -0.25) is 9.69 Å². The summed E-state index contributed by atoms with van der Waals surface area (Å²) in [6.07, 6.45) is 21.3. The van der Waals surface area contributed by atoms with Crippen LogP contribution >= 0.6 is 0 Å². The fourth-order valence-electron chi connectivity index (χ4n) is 5.08. The SMILES string of the molecule is CCCCCCCCCCCCCCCCCC(=O)N1CCN(Cc2ccccc2)C(C)C1. The van der Waals surface area contributed by atoms with Gasteiger partial charge in [0.2, 0.25) is 5.91 Å². The van der Waals surface area contributed by atoms with Crippen molar-refractivity contribution in [2.45, 2.75) is 129 Å². The summed E-state index contributed by atoms with van der Waals surface area (Å²) in [6, 6.07) is 11.1. The molecule has 188 valence electrons. The smallest absolute Gasteiger partial charge is 0.222 e. The Morgan fingerprint density at radius 2 is 1.27 bits per heavy atom. The predicted octanol–water partition coefficient (Wildman–Crippen LogP) is 7.98. The summed E-state index contributed by atoms with van der Waals surface area (Å²) in [5, 5.41) is 0. The highest BCUT2D eigenvalue weighted by Gasteiger charge is 2.26. The first-order valence-corrected chi connectivity index (χ1v) is 14.3. The average molecular weight is 457 g/mol. The first-order valence-electron chi connectivity index (χ1n) is 14.3. The van der Waals surface area contributed by atoms with Gasteiger partial charge in [0.05, 0.1) is 0 Å². The number of unbranched alkanes of at least 4 members (excludes halogenated alkanes) is 14. The number of hydrogen-bond acceptors (Lipinski definition) is 2. The Bertz CT molecular complexity index is 603. The number of hydrogen-bond donors (Lipinski definition) is 0. The molecule has 0 radical (unpaired) electrons. The van der Waals surface area contributed by atoms with Crippen molar-refractivity contribution in [3.05, 3.63) is 35.9 Å². The Morgan fingerprint density at radius 3 is 1.79 bits per heavy atom. The Balaban J connectivity index is 1.40. The quantitative estimate of drug-likeness (QED) is 0.209. The van der Waals surface area contributed by atoms with Gasteiger partial charge in [-0.2, -0.15) is 0 Å². The summed E-state index contributed by atoms with van der Waals surface area (Å²) in [5.74, 6) is 0.371.